The van der Waals surface area contributed by atoms with Crippen molar-refractivity contribution in [1.29, 1.82) is 0 Å². The zero-order chi connectivity index (χ0) is 22.6. The van der Waals surface area contributed by atoms with Gasteiger partial charge in [0.2, 0.25) is 0 Å². The summed E-state index contributed by atoms with van der Waals surface area (Å²) in [5.74, 6) is -0.0473. The van der Waals surface area contributed by atoms with E-state index in [2.05, 4.69) is 25.8 Å². The number of hydrogen-bond donors (Lipinski definition) is 2. The van der Waals surface area contributed by atoms with Crippen molar-refractivity contribution in [3.8, 4) is 11.3 Å². The number of anilines is 1. The lowest BCUT2D eigenvalue weighted by atomic mass is 9.66. The van der Waals surface area contributed by atoms with Crippen LogP contribution in [0.3, 0.4) is 0 Å². The van der Waals surface area contributed by atoms with Gasteiger partial charge >= 0.3 is 0 Å². The second-order valence-electron chi connectivity index (χ2n) is 8.08. The van der Waals surface area contributed by atoms with Gasteiger partial charge in [-0.1, -0.05) is 25.6 Å². The summed E-state index contributed by atoms with van der Waals surface area (Å²) >= 11 is 5.31. The minimum absolute atomic E-state index is 0.270. The molecule has 2 aromatic heterocycles. The third-order valence-electron chi connectivity index (χ3n) is 5.89. The Morgan fingerprint density at radius 2 is 1.94 bits per heavy atom. The van der Waals surface area contributed by atoms with Crippen molar-refractivity contribution in [2.24, 2.45) is 0 Å². The van der Waals surface area contributed by atoms with Crippen molar-refractivity contribution in [3.63, 3.8) is 0 Å². The molecule has 0 aliphatic heterocycles. The Balaban J connectivity index is 1.47. The molecule has 4 rings (SSSR count). The van der Waals surface area contributed by atoms with Crippen LogP contribution in [0.4, 0.5) is 14.6 Å². The van der Waals surface area contributed by atoms with Crippen LogP contribution < -0.4 is 10.6 Å². The molecule has 3 aromatic rings. The average Bonchev–Trinajstić information content (AvgIpc) is 2.78. The quantitative estimate of drug-likeness (QED) is 0.467. The summed E-state index contributed by atoms with van der Waals surface area (Å²) in [6, 6.07) is 11.4. The molecule has 0 bridgehead atoms. The lowest BCUT2D eigenvalue weighted by Crippen LogP contribution is -2.42. The van der Waals surface area contributed by atoms with Crippen LogP contribution in [0.25, 0.3) is 11.3 Å². The number of nitrogens with zero attached hydrogens (tertiary/aromatic N) is 3. The number of nitrogens with one attached hydrogen (secondary N) is 2. The van der Waals surface area contributed by atoms with E-state index in [-0.39, 0.29) is 17.0 Å². The number of hydrogen-bond acceptors (Lipinski definition) is 5. The molecule has 5 nitrogen and oxygen atoms in total. The minimum atomic E-state index is -0.374. The fourth-order valence-corrected chi connectivity index (χ4v) is 4.17. The Bertz CT molecular complexity index is 1100. The number of rotatable bonds is 8. The molecule has 0 atom stereocenters. The average molecular weight is 454 g/mol. The number of benzene rings is 1. The molecule has 166 valence electrons. The first kappa shape index (κ1) is 22.2. The summed E-state index contributed by atoms with van der Waals surface area (Å²) in [5.41, 5.74) is 1.88. The molecular formula is C24H25F2N5S. The SMILES string of the molecule is CCCNC(=S)c1cc(-c2ccc(NCC3(c4ncccc4F)CCC3)nn2)ccc1F. The van der Waals surface area contributed by atoms with Crippen LogP contribution in [0.1, 0.15) is 43.9 Å². The lowest BCUT2D eigenvalue weighted by Gasteiger charge is -2.41. The number of halogens is 2. The highest BCUT2D eigenvalue weighted by atomic mass is 32.1. The molecule has 0 spiro atoms. The molecule has 0 amide bonds. The van der Waals surface area contributed by atoms with Crippen LogP contribution >= 0.6 is 12.2 Å². The van der Waals surface area contributed by atoms with Crippen molar-refractivity contribution in [2.45, 2.75) is 38.0 Å². The highest BCUT2D eigenvalue weighted by Crippen LogP contribution is 2.43. The fourth-order valence-electron chi connectivity index (χ4n) is 3.91. The molecule has 1 saturated carbocycles. The molecule has 1 fully saturated rings. The van der Waals surface area contributed by atoms with E-state index in [4.69, 9.17) is 12.2 Å². The van der Waals surface area contributed by atoms with Crippen molar-refractivity contribution in [2.75, 3.05) is 18.4 Å². The topological polar surface area (TPSA) is 62.7 Å². The van der Waals surface area contributed by atoms with Gasteiger partial charge in [0.05, 0.1) is 11.4 Å². The molecule has 1 aliphatic carbocycles. The monoisotopic (exact) mass is 453 g/mol. The molecule has 2 heterocycles. The maximum atomic E-state index is 14.3. The highest BCUT2D eigenvalue weighted by Gasteiger charge is 2.41. The zero-order valence-electron chi connectivity index (χ0n) is 17.9. The van der Waals surface area contributed by atoms with Crippen LogP contribution in [0.5, 0.6) is 0 Å². The molecule has 2 N–H and O–H groups in total. The number of thiocarbonyl (C=S) groups is 1. The van der Waals surface area contributed by atoms with Gasteiger partial charge in [-0.15, -0.1) is 10.2 Å². The fraction of sp³-hybridized carbons (Fsp3) is 0.333. The molecule has 1 aliphatic rings. The van der Waals surface area contributed by atoms with E-state index in [9.17, 15) is 8.78 Å². The van der Waals surface area contributed by atoms with E-state index in [1.165, 1.54) is 12.1 Å². The van der Waals surface area contributed by atoms with Gasteiger partial charge in [-0.05, 0) is 61.7 Å². The molecular weight excluding hydrogens is 428 g/mol. The maximum Gasteiger partial charge on any atom is 0.148 e. The summed E-state index contributed by atoms with van der Waals surface area (Å²) in [6.07, 6.45) is 5.33. The van der Waals surface area contributed by atoms with Gasteiger partial charge in [-0.25, -0.2) is 8.78 Å². The molecule has 1 aromatic carbocycles. The minimum Gasteiger partial charge on any atom is -0.376 e. The Morgan fingerprint density at radius 3 is 2.59 bits per heavy atom. The van der Waals surface area contributed by atoms with E-state index >= 15 is 0 Å². The third kappa shape index (κ3) is 4.60. The lowest BCUT2D eigenvalue weighted by molar-refractivity contribution is 0.243. The highest BCUT2D eigenvalue weighted by molar-refractivity contribution is 7.80. The second-order valence-corrected chi connectivity index (χ2v) is 8.48. The van der Waals surface area contributed by atoms with E-state index in [1.54, 1.807) is 24.4 Å². The summed E-state index contributed by atoms with van der Waals surface area (Å²) < 4.78 is 28.5. The van der Waals surface area contributed by atoms with Crippen LogP contribution in [0.2, 0.25) is 0 Å². The normalized spacial score (nSPS) is 14.5. The molecule has 8 heteroatoms. The standard InChI is InChI=1S/C24H25F2N5S/c1-2-12-28-23(32)17-14-16(6-7-18(17)25)20-8-9-21(31-30-20)29-15-24(10-4-11-24)22-19(26)5-3-13-27-22/h3,5-9,13-14H,2,4,10-12,15H2,1H3,(H,28,32)(H,29,31). The molecule has 0 saturated heterocycles. The predicted molar refractivity (Wildman–Crippen MR) is 126 cm³/mol. The van der Waals surface area contributed by atoms with Gasteiger partial charge < -0.3 is 10.6 Å². The Kier molecular flexibility index (Phi) is 6.69. The Morgan fingerprint density at radius 1 is 1.09 bits per heavy atom. The molecule has 0 unspecified atom stereocenters. The third-order valence-corrected chi connectivity index (χ3v) is 6.25. The van der Waals surface area contributed by atoms with Crippen molar-refractivity contribution < 1.29 is 8.78 Å². The predicted octanol–water partition coefficient (Wildman–Crippen LogP) is 5.03. The largest absolute Gasteiger partial charge is 0.376 e. The van der Waals surface area contributed by atoms with Crippen molar-refractivity contribution in [1.82, 2.24) is 20.5 Å². The maximum absolute atomic E-state index is 14.3. The summed E-state index contributed by atoms with van der Waals surface area (Å²) in [6.45, 7) is 3.24. The van der Waals surface area contributed by atoms with Crippen LogP contribution in [0.15, 0.2) is 48.7 Å². The van der Waals surface area contributed by atoms with E-state index in [0.717, 1.165) is 31.2 Å². The van der Waals surface area contributed by atoms with Crippen LogP contribution in [-0.2, 0) is 5.41 Å². The Hall–Kier alpha value is -3.00. The second kappa shape index (κ2) is 9.65. The van der Waals surface area contributed by atoms with E-state index in [1.807, 2.05) is 19.1 Å². The van der Waals surface area contributed by atoms with Crippen molar-refractivity contribution >= 4 is 23.0 Å². The molecule has 0 radical (unpaired) electrons. The van der Waals surface area contributed by atoms with Gasteiger partial charge in [0.25, 0.3) is 0 Å². The van der Waals surface area contributed by atoms with Gasteiger partial charge in [-0.2, -0.15) is 0 Å². The van der Waals surface area contributed by atoms with E-state index < -0.39 is 0 Å². The van der Waals surface area contributed by atoms with Gasteiger partial charge in [-0.3, -0.25) is 4.98 Å². The van der Waals surface area contributed by atoms with Crippen molar-refractivity contribution in [3.05, 3.63) is 71.6 Å². The van der Waals surface area contributed by atoms with Gasteiger partial charge in [0.15, 0.2) is 0 Å². The first-order valence-electron chi connectivity index (χ1n) is 10.8. The summed E-state index contributed by atoms with van der Waals surface area (Å²) in [4.78, 5) is 4.67. The van der Waals surface area contributed by atoms with Gasteiger partial charge in [0, 0.05) is 35.8 Å². The zero-order valence-corrected chi connectivity index (χ0v) is 18.7. The van der Waals surface area contributed by atoms with Crippen LogP contribution in [0, 0.1) is 11.6 Å². The first-order valence-corrected chi connectivity index (χ1v) is 11.2. The number of aromatic nitrogens is 3. The van der Waals surface area contributed by atoms with Crippen LogP contribution in [-0.4, -0.2) is 33.3 Å². The van der Waals surface area contributed by atoms with E-state index in [0.29, 0.717) is 40.8 Å². The smallest absolute Gasteiger partial charge is 0.148 e. The summed E-state index contributed by atoms with van der Waals surface area (Å²) in [5, 5.41) is 14.9. The molecule has 32 heavy (non-hydrogen) atoms. The number of pyridine rings is 1. The summed E-state index contributed by atoms with van der Waals surface area (Å²) in [7, 11) is 0. The Labute approximate surface area is 191 Å². The first-order chi connectivity index (χ1) is 15.5. The van der Waals surface area contributed by atoms with Gasteiger partial charge in [0.1, 0.15) is 22.4 Å².